The maximum atomic E-state index is 12.1. The summed E-state index contributed by atoms with van der Waals surface area (Å²) in [5.74, 6) is 0. The molecule has 0 atom stereocenters. The minimum Gasteiger partial charge on any atom is -0.366 e. The van der Waals surface area contributed by atoms with E-state index >= 15 is 0 Å². The zero-order valence-electron chi connectivity index (χ0n) is 10.3. The Morgan fingerprint density at radius 1 is 1.35 bits per heavy atom. The van der Waals surface area contributed by atoms with Crippen LogP contribution in [0.5, 0.6) is 0 Å². The lowest BCUT2D eigenvalue weighted by atomic mass is 9.98. The van der Waals surface area contributed by atoms with Crippen LogP contribution in [0.1, 0.15) is 33.6 Å². The Labute approximate surface area is 101 Å². The molecule has 0 amide bonds. The zero-order chi connectivity index (χ0) is 13.1. The molecule has 1 rings (SSSR count). The Hall–Kier alpha value is -1.14. The molecular formula is C11H18N2O3S. The summed E-state index contributed by atoms with van der Waals surface area (Å²) in [6, 6.07) is 1.20. The molecule has 0 aliphatic rings. The fraction of sp³-hybridized carbons (Fsp3) is 0.545. The van der Waals surface area contributed by atoms with Crippen LogP contribution in [0.3, 0.4) is 0 Å². The van der Waals surface area contributed by atoms with Crippen LogP contribution in [-0.2, 0) is 10.0 Å². The van der Waals surface area contributed by atoms with Gasteiger partial charge in [0.15, 0.2) is 0 Å². The predicted molar refractivity (Wildman–Crippen MR) is 66.4 cm³/mol. The molecule has 1 aromatic heterocycles. The van der Waals surface area contributed by atoms with Crippen molar-refractivity contribution in [3.63, 3.8) is 0 Å². The fourth-order valence-electron chi connectivity index (χ4n) is 1.38. The number of nitrogens with one attached hydrogen (secondary N) is 2. The van der Waals surface area contributed by atoms with E-state index in [9.17, 15) is 13.2 Å². The summed E-state index contributed by atoms with van der Waals surface area (Å²) < 4.78 is 26.7. The minimum atomic E-state index is -3.77. The van der Waals surface area contributed by atoms with Gasteiger partial charge in [-0.3, -0.25) is 4.79 Å². The van der Waals surface area contributed by atoms with Gasteiger partial charge in [-0.1, -0.05) is 13.8 Å². The van der Waals surface area contributed by atoms with E-state index in [1.54, 1.807) is 0 Å². The lowest BCUT2D eigenvalue weighted by Crippen LogP contribution is -2.45. The molecule has 1 heterocycles. The average Bonchev–Trinajstić information content (AvgIpc) is 2.28. The first-order chi connectivity index (χ1) is 7.84. The van der Waals surface area contributed by atoms with E-state index in [0.717, 1.165) is 0 Å². The van der Waals surface area contributed by atoms with Crippen molar-refractivity contribution >= 4 is 10.0 Å². The van der Waals surface area contributed by atoms with Crippen molar-refractivity contribution in [2.45, 2.75) is 44.0 Å². The zero-order valence-corrected chi connectivity index (χ0v) is 11.1. The third kappa shape index (κ3) is 3.17. The molecule has 0 saturated carbocycles. The van der Waals surface area contributed by atoms with E-state index in [-0.39, 0.29) is 4.90 Å². The van der Waals surface area contributed by atoms with Crippen LogP contribution >= 0.6 is 0 Å². The number of sulfonamides is 1. The number of pyridine rings is 1. The normalized spacial score (nSPS) is 12.6. The van der Waals surface area contributed by atoms with Gasteiger partial charge in [-0.15, -0.1) is 0 Å². The maximum Gasteiger partial charge on any atom is 0.246 e. The van der Waals surface area contributed by atoms with Crippen molar-refractivity contribution in [3.05, 3.63) is 28.7 Å². The standard InChI is InChI=1S/C11H18N2O3S/c1-4-11(3,5-2)13-17(15,16)10-8-12-7-6-9(10)14/h6-8,13H,4-5H2,1-3H3,(H,12,14). The van der Waals surface area contributed by atoms with Gasteiger partial charge in [0.05, 0.1) is 0 Å². The van der Waals surface area contributed by atoms with Crippen LogP contribution in [0.4, 0.5) is 0 Å². The molecule has 5 nitrogen and oxygen atoms in total. The largest absolute Gasteiger partial charge is 0.366 e. The summed E-state index contributed by atoms with van der Waals surface area (Å²) in [7, 11) is -3.77. The number of aromatic amines is 1. The van der Waals surface area contributed by atoms with E-state index in [4.69, 9.17) is 0 Å². The first-order valence-corrected chi connectivity index (χ1v) is 7.04. The minimum absolute atomic E-state index is 0.242. The van der Waals surface area contributed by atoms with Crippen molar-refractivity contribution in [1.82, 2.24) is 9.71 Å². The van der Waals surface area contributed by atoms with E-state index in [0.29, 0.717) is 12.8 Å². The van der Waals surface area contributed by atoms with Gasteiger partial charge in [0, 0.05) is 24.0 Å². The third-order valence-electron chi connectivity index (χ3n) is 3.02. The SMILES string of the molecule is CCC(C)(CC)NS(=O)(=O)c1c[nH]ccc1=O. The van der Waals surface area contributed by atoms with Crippen LogP contribution in [-0.4, -0.2) is 18.9 Å². The van der Waals surface area contributed by atoms with Crippen molar-refractivity contribution in [1.29, 1.82) is 0 Å². The highest BCUT2D eigenvalue weighted by Gasteiger charge is 2.28. The highest BCUT2D eigenvalue weighted by atomic mass is 32.2. The van der Waals surface area contributed by atoms with Gasteiger partial charge in [-0.2, -0.15) is 0 Å². The monoisotopic (exact) mass is 258 g/mol. The summed E-state index contributed by atoms with van der Waals surface area (Å²) in [6.07, 6.45) is 3.93. The van der Waals surface area contributed by atoms with Gasteiger partial charge < -0.3 is 4.98 Å². The first kappa shape index (κ1) is 13.9. The van der Waals surface area contributed by atoms with Crippen LogP contribution in [0.15, 0.2) is 28.2 Å². The van der Waals surface area contributed by atoms with Gasteiger partial charge >= 0.3 is 0 Å². The number of H-pyrrole nitrogens is 1. The second-order valence-corrected chi connectivity index (χ2v) is 5.90. The molecule has 0 fully saturated rings. The molecule has 96 valence electrons. The van der Waals surface area contributed by atoms with Gasteiger partial charge in [0.25, 0.3) is 0 Å². The summed E-state index contributed by atoms with van der Waals surface area (Å²) in [6.45, 7) is 5.63. The quantitative estimate of drug-likeness (QED) is 0.833. The van der Waals surface area contributed by atoms with Crippen LogP contribution in [0.2, 0.25) is 0 Å². The van der Waals surface area contributed by atoms with Crippen LogP contribution in [0, 0.1) is 0 Å². The first-order valence-electron chi connectivity index (χ1n) is 5.56. The molecule has 0 radical (unpaired) electrons. The number of hydrogen-bond acceptors (Lipinski definition) is 3. The Bertz CT molecular complexity index is 530. The molecule has 0 aliphatic heterocycles. The molecule has 6 heteroatoms. The van der Waals surface area contributed by atoms with Crippen molar-refractivity contribution in [3.8, 4) is 0 Å². The summed E-state index contributed by atoms with van der Waals surface area (Å²) in [5.41, 5.74) is -1.04. The van der Waals surface area contributed by atoms with Gasteiger partial charge in [-0.05, 0) is 19.8 Å². The van der Waals surface area contributed by atoms with Crippen molar-refractivity contribution < 1.29 is 8.42 Å². The second-order valence-electron chi connectivity index (χ2n) is 4.25. The summed E-state index contributed by atoms with van der Waals surface area (Å²) in [4.78, 5) is 13.9. The number of aromatic nitrogens is 1. The Balaban J connectivity index is 3.14. The molecule has 17 heavy (non-hydrogen) atoms. The van der Waals surface area contributed by atoms with E-state index in [2.05, 4.69) is 9.71 Å². The summed E-state index contributed by atoms with van der Waals surface area (Å²) >= 11 is 0. The smallest absolute Gasteiger partial charge is 0.246 e. The van der Waals surface area contributed by atoms with Gasteiger partial charge in [0.2, 0.25) is 15.5 Å². The number of hydrogen-bond donors (Lipinski definition) is 2. The molecule has 0 aromatic carbocycles. The van der Waals surface area contributed by atoms with Crippen LogP contribution < -0.4 is 10.2 Å². The fourth-order valence-corrected chi connectivity index (χ4v) is 2.99. The van der Waals surface area contributed by atoms with Crippen molar-refractivity contribution in [2.75, 3.05) is 0 Å². The van der Waals surface area contributed by atoms with Gasteiger partial charge in [0.1, 0.15) is 4.90 Å². The predicted octanol–water partition coefficient (Wildman–Crippen LogP) is 1.23. The van der Waals surface area contributed by atoms with Crippen molar-refractivity contribution in [2.24, 2.45) is 0 Å². The Morgan fingerprint density at radius 3 is 2.41 bits per heavy atom. The Kier molecular flexibility index (Phi) is 4.11. The highest BCUT2D eigenvalue weighted by Crippen LogP contribution is 2.17. The molecule has 0 saturated heterocycles. The highest BCUT2D eigenvalue weighted by molar-refractivity contribution is 7.89. The molecule has 0 unspecified atom stereocenters. The molecule has 0 spiro atoms. The molecule has 0 aliphatic carbocycles. The van der Waals surface area contributed by atoms with E-state index in [1.807, 2.05) is 20.8 Å². The second kappa shape index (κ2) is 5.01. The molecular weight excluding hydrogens is 240 g/mol. The number of rotatable bonds is 5. The molecule has 1 aromatic rings. The molecule has 0 bridgehead atoms. The summed E-state index contributed by atoms with van der Waals surface area (Å²) in [5, 5.41) is 0. The third-order valence-corrected chi connectivity index (χ3v) is 4.68. The van der Waals surface area contributed by atoms with Crippen LogP contribution in [0.25, 0.3) is 0 Å². The van der Waals surface area contributed by atoms with E-state index < -0.39 is 21.0 Å². The lowest BCUT2D eigenvalue weighted by molar-refractivity contribution is 0.388. The lowest BCUT2D eigenvalue weighted by Gasteiger charge is -2.27. The Morgan fingerprint density at radius 2 is 1.94 bits per heavy atom. The average molecular weight is 258 g/mol. The van der Waals surface area contributed by atoms with E-state index in [1.165, 1.54) is 18.5 Å². The molecule has 2 N–H and O–H groups in total. The topological polar surface area (TPSA) is 79.0 Å². The van der Waals surface area contributed by atoms with Gasteiger partial charge in [-0.25, -0.2) is 13.1 Å². The maximum absolute atomic E-state index is 12.1.